The predicted octanol–water partition coefficient (Wildman–Crippen LogP) is 3.97. The van der Waals surface area contributed by atoms with E-state index in [1.54, 1.807) is 57.3 Å². The lowest BCUT2D eigenvalue weighted by Crippen LogP contribution is -2.40. The molecule has 0 amide bonds. The summed E-state index contributed by atoms with van der Waals surface area (Å²) in [6.07, 6.45) is 4.39. The molecular weight excluding hydrogens is 580 g/mol. The van der Waals surface area contributed by atoms with E-state index in [-0.39, 0.29) is 27.5 Å². The molecule has 1 aliphatic rings. The van der Waals surface area contributed by atoms with Crippen molar-refractivity contribution in [3.8, 4) is 23.0 Å². The van der Waals surface area contributed by atoms with Crippen LogP contribution in [-0.4, -0.2) is 57.6 Å². The van der Waals surface area contributed by atoms with Gasteiger partial charge >= 0.3 is 6.01 Å². The van der Waals surface area contributed by atoms with Crippen molar-refractivity contribution in [1.82, 2.24) is 24.4 Å². The van der Waals surface area contributed by atoms with Crippen molar-refractivity contribution in [2.45, 2.75) is 55.0 Å². The lowest BCUT2D eigenvalue weighted by atomic mass is 10.0. The fraction of sp³-hybridized carbons (Fsp3) is 0.321. The number of hydrogen-bond donors (Lipinski definition) is 3. The van der Waals surface area contributed by atoms with Gasteiger partial charge in [-0.25, -0.2) is 31.3 Å². The highest BCUT2D eigenvalue weighted by molar-refractivity contribution is 7.90. The molecule has 5 rings (SSSR count). The average molecular weight is 613 g/mol. The van der Waals surface area contributed by atoms with Crippen LogP contribution in [0.15, 0.2) is 64.6 Å². The second-order valence-corrected chi connectivity index (χ2v) is 14.3. The number of fused-ring (bicyclic) bond motifs is 1. The highest BCUT2D eigenvalue weighted by Crippen LogP contribution is 2.37. The number of nitrogens with one attached hydrogen (secondary N) is 3. The van der Waals surface area contributed by atoms with Crippen LogP contribution in [-0.2, 0) is 20.0 Å². The molecule has 222 valence electrons. The largest absolute Gasteiger partial charge is 0.480 e. The third-order valence-corrected chi connectivity index (χ3v) is 9.58. The summed E-state index contributed by atoms with van der Waals surface area (Å²) in [6.45, 7) is 5.25. The number of sulfonamides is 2. The molecule has 1 fully saturated rings. The van der Waals surface area contributed by atoms with Gasteiger partial charge in [0, 0.05) is 35.0 Å². The summed E-state index contributed by atoms with van der Waals surface area (Å²) in [4.78, 5) is 12.9. The Labute approximate surface area is 245 Å². The lowest BCUT2D eigenvalue weighted by molar-refractivity contribution is 0.353. The molecule has 1 saturated carbocycles. The molecule has 42 heavy (non-hydrogen) atoms. The predicted molar refractivity (Wildman–Crippen MR) is 159 cm³/mol. The Morgan fingerprint density at radius 2 is 1.67 bits per heavy atom. The van der Waals surface area contributed by atoms with E-state index < -0.39 is 25.6 Å². The molecule has 1 aliphatic carbocycles. The van der Waals surface area contributed by atoms with Crippen LogP contribution in [0.2, 0.25) is 0 Å². The molecule has 0 atom stereocenters. The minimum absolute atomic E-state index is 0.0372. The fourth-order valence-corrected chi connectivity index (χ4v) is 7.20. The highest BCUT2D eigenvalue weighted by Gasteiger charge is 2.31. The van der Waals surface area contributed by atoms with Crippen molar-refractivity contribution in [3.05, 3.63) is 54.9 Å². The summed E-state index contributed by atoms with van der Waals surface area (Å²) in [7, 11) is -4.83. The van der Waals surface area contributed by atoms with Gasteiger partial charge in [-0.1, -0.05) is 18.2 Å². The SMILES string of the molecule is COc1ncc(-c2ccc3c(Nc4cccc(S(=O)(=O)NC(C)(C)C)c4)c(S(=O)(=O)NC4CC4)cnc3c2)c(OC)n1. The first-order chi connectivity index (χ1) is 19.8. The van der Waals surface area contributed by atoms with Gasteiger partial charge < -0.3 is 14.8 Å². The third kappa shape index (κ3) is 6.46. The summed E-state index contributed by atoms with van der Waals surface area (Å²) < 4.78 is 68.7. The van der Waals surface area contributed by atoms with Gasteiger partial charge in [-0.05, 0) is 63.4 Å². The van der Waals surface area contributed by atoms with Crippen molar-refractivity contribution < 1.29 is 26.3 Å². The Morgan fingerprint density at radius 3 is 2.33 bits per heavy atom. The van der Waals surface area contributed by atoms with Gasteiger partial charge in [0.1, 0.15) is 4.90 Å². The van der Waals surface area contributed by atoms with Gasteiger partial charge in [0.05, 0.1) is 35.9 Å². The van der Waals surface area contributed by atoms with Gasteiger partial charge in [0.25, 0.3) is 0 Å². The third-order valence-electron chi connectivity index (χ3n) is 6.30. The molecule has 2 aromatic heterocycles. The second-order valence-electron chi connectivity index (χ2n) is 10.9. The Balaban J connectivity index is 1.62. The Bertz CT molecular complexity index is 1870. The topological polar surface area (TPSA) is 162 Å². The Kier molecular flexibility index (Phi) is 7.83. The maximum Gasteiger partial charge on any atom is 0.319 e. The molecule has 2 heterocycles. The molecule has 0 saturated heterocycles. The van der Waals surface area contributed by atoms with E-state index >= 15 is 0 Å². The van der Waals surface area contributed by atoms with Crippen molar-refractivity contribution in [3.63, 3.8) is 0 Å². The van der Waals surface area contributed by atoms with E-state index in [9.17, 15) is 16.8 Å². The van der Waals surface area contributed by atoms with E-state index in [4.69, 9.17) is 9.47 Å². The molecule has 0 spiro atoms. The van der Waals surface area contributed by atoms with Crippen LogP contribution in [0.25, 0.3) is 22.0 Å². The minimum atomic E-state index is -3.94. The van der Waals surface area contributed by atoms with E-state index in [2.05, 4.69) is 29.7 Å². The smallest absolute Gasteiger partial charge is 0.319 e. The number of rotatable bonds is 10. The second kappa shape index (κ2) is 11.1. The van der Waals surface area contributed by atoms with E-state index in [0.29, 0.717) is 33.6 Å². The molecule has 0 unspecified atom stereocenters. The highest BCUT2D eigenvalue weighted by atomic mass is 32.2. The van der Waals surface area contributed by atoms with E-state index in [1.165, 1.54) is 32.5 Å². The van der Waals surface area contributed by atoms with Crippen LogP contribution in [0.3, 0.4) is 0 Å². The lowest BCUT2D eigenvalue weighted by Gasteiger charge is -2.21. The Morgan fingerprint density at radius 1 is 0.905 bits per heavy atom. The number of methoxy groups -OCH3 is 2. The molecule has 3 N–H and O–H groups in total. The average Bonchev–Trinajstić information content (AvgIpc) is 3.74. The van der Waals surface area contributed by atoms with Crippen molar-refractivity contribution in [1.29, 1.82) is 0 Å². The number of pyridine rings is 1. The van der Waals surface area contributed by atoms with Crippen LogP contribution < -0.4 is 24.2 Å². The number of ether oxygens (including phenoxy) is 2. The molecule has 14 heteroatoms. The van der Waals surface area contributed by atoms with Crippen LogP contribution in [0.1, 0.15) is 33.6 Å². The fourth-order valence-electron chi connectivity index (χ4n) is 4.31. The number of hydrogen-bond acceptors (Lipinski definition) is 10. The van der Waals surface area contributed by atoms with E-state index in [1.807, 2.05) is 0 Å². The molecule has 0 aliphatic heterocycles. The van der Waals surface area contributed by atoms with Crippen molar-refractivity contribution in [2.24, 2.45) is 0 Å². The van der Waals surface area contributed by atoms with Crippen LogP contribution in [0.4, 0.5) is 11.4 Å². The number of benzene rings is 2. The molecule has 2 aromatic carbocycles. The first-order valence-electron chi connectivity index (χ1n) is 13.1. The summed E-state index contributed by atoms with van der Waals surface area (Å²) in [5, 5.41) is 3.68. The van der Waals surface area contributed by atoms with Crippen LogP contribution in [0.5, 0.6) is 11.9 Å². The zero-order valence-corrected chi connectivity index (χ0v) is 25.4. The van der Waals surface area contributed by atoms with E-state index in [0.717, 1.165) is 12.8 Å². The molecule has 0 bridgehead atoms. The maximum atomic E-state index is 13.4. The van der Waals surface area contributed by atoms with Crippen LogP contribution >= 0.6 is 0 Å². The van der Waals surface area contributed by atoms with Gasteiger partial charge in [-0.15, -0.1) is 0 Å². The van der Waals surface area contributed by atoms with Crippen molar-refractivity contribution in [2.75, 3.05) is 19.5 Å². The van der Waals surface area contributed by atoms with Gasteiger partial charge in [0.2, 0.25) is 25.9 Å². The summed E-state index contributed by atoms with van der Waals surface area (Å²) in [6, 6.07) is 11.5. The summed E-state index contributed by atoms with van der Waals surface area (Å²) >= 11 is 0. The standard InChI is InChI=1S/C28H32N6O6S2/c1-28(2,3)34-41(35,36)20-8-6-7-19(14-20)31-25-21-12-9-17(22-15-30-27(40-5)32-26(22)39-4)13-23(21)29-16-24(25)42(37,38)33-18-10-11-18/h6-9,12-16,18,33-34H,10-11H2,1-5H3,(H,29,31). The summed E-state index contributed by atoms with van der Waals surface area (Å²) in [5.41, 5.74) is 1.72. The number of nitrogens with zero attached hydrogens (tertiary/aromatic N) is 3. The van der Waals surface area contributed by atoms with Crippen LogP contribution in [0, 0.1) is 0 Å². The first-order valence-corrected chi connectivity index (χ1v) is 16.1. The quantitative estimate of drug-likeness (QED) is 0.239. The monoisotopic (exact) mass is 612 g/mol. The summed E-state index contributed by atoms with van der Waals surface area (Å²) in [5.74, 6) is 0.300. The van der Waals surface area contributed by atoms with Gasteiger partial charge in [-0.3, -0.25) is 4.98 Å². The van der Waals surface area contributed by atoms with Gasteiger partial charge in [0.15, 0.2) is 0 Å². The first kappa shape index (κ1) is 29.6. The normalized spacial score (nSPS) is 14.1. The zero-order valence-electron chi connectivity index (χ0n) is 23.8. The minimum Gasteiger partial charge on any atom is -0.480 e. The molecule has 4 aromatic rings. The maximum absolute atomic E-state index is 13.4. The number of aromatic nitrogens is 3. The van der Waals surface area contributed by atoms with Crippen molar-refractivity contribution >= 4 is 42.3 Å². The molecule has 0 radical (unpaired) electrons. The number of anilines is 2. The Hall–Kier alpha value is -3.85. The molecular formula is C28H32N6O6S2. The van der Waals surface area contributed by atoms with Gasteiger partial charge in [-0.2, -0.15) is 4.98 Å². The zero-order chi connectivity index (χ0) is 30.3. The molecule has 12 nitrogen and oxygen atoms in total.